The van der Waals surface area contributed by atoms with Gasteiger partial charge in [0.25, 0.3) is 0 Å². The fourth-order valence-corrected chi connectivity index (χ4v) is 2.23. The molecule has 5 nitrogen and oxygen atoms in total. The van der Waals surface area contributed by atoms with Gasteiger partial charge in [0, 0.05) is 24.7 Å². The number of carboxylic acid groups (broad SMARTS) is 1. The van der Waals surface area contributed by atoms with Crippen molar-refractivity contribution in [3.63, 3.8) is 0 Å². The Kier molecular flexibility index (Phi) is 6.24. The molecule has 0 spiro atoms. The number of ether oxygens (including phenoxy) is 1. The lowest BCUT2D eigenvalue weighted by atomic mass is 10.1. The van der Waals surface area contributed by atoms with Gasteiger partial charge in [-0.05, 0) is 18.6 Å². The Morgan fingerprint density at radius 2 is 2.10 bits per heavy atom. The SMILES string of the molecule is COc1ccccc1/C=C/C(=O)N1CCC(C(=O)O)C1.Cl. The molecule has 114 valence electrons. The zero-order chi connectivity index (χ0) is 14.5. The van der Waals surface area contributed by atoms with Gasteiger partial charge in [0.2, 0.25) is 5.91 Å². The first-order valence-corrected chi connectivity index (χ1v) is 6.44. The Bertz CT molecular complexity index is 544. The third-order valence-corrected chi connectivity index (χ3v) is 3.39. The van der Waals surface area contributed by atoms with E-state index in [0.29, 0.717) is 18.7 Å². The summed E-state index contributed by atoms with van der Waals surface area (Å²) in [5.41, 5.74) is 0.817. The van der Waals surface area contributed by atoms with Crippen LogP contribution in [0.3, 0.4) is 0 Å². The van der Waals surface area contributed by atoms with E-state index in [0.717, 1.165) is 5.56 Å². The molecule has 1 aliphatic rings. The fraction of sp³-hybridized carbons (Fsp3) is 0.333. The van der Waals surface area contributed by atoms with Crippen molar-refractivity contribution in [1.29, 1.82) is 0 Å². The van der Waals surface area contributed by atoms with Gasteiger partial charge in [0.05, 0.1) is 13.0 Å². The first-order valence-electron chi connectivity index (χ1n) is 6.44. The number of amides is 1. The summed E-state index contributed by atoms with van der Waals surface area (Å²) in [5.74, 6) is -0.756. The molecule has 1 unspecified atom stereocenters. The fourth-order valence-electron chi connectivity index (χ4n) is 2.23. The number of hydrogen-bond acceptors (Lipinski definition) is 3. The zero-order valence-electron chi connectivity index (χ0n) is 11.7. The van der Waals surface area contributed by atoms with Crippen LogP contribution in [0.25, 0.3) is 6.08 Å². The predicted octanol–water partition coefficient (Wildman–Crippen LogP) is 2.06. The molecule has 0 bridgehead atoms. The van der Waals surface area contributed by atoms with Crippen LogP contribution in [0.15, 0.2) is 30.3 Å². The highest BCUT2D eigenvalue weighted by atomic mass is 35.5. The topological polar surface area (TPSA) is 66.8 Å². The van der Waals surface area contributed by atoms with Crippen molar-refractivity contribution in [1.82, 2.24) is 4.90 Å². The van der Waals surface area contributed by atoms with Crippen molar-refractivity contribution in [3.05, 3.63) is 35.9 Å². The molecule has 2 rings (SSSR count). The number of rotatable bonds is 4. The first-order chi connectivity index (χ1) is 9.61. The van der Waals surface area contributed by atoms with E-state index in [-0.39, 0.29) is 24.9 Å². The lowest BCUT2D eigenvalue weighted by molar-refractivity contribution is -0.141. The summed E-state index contributed by atoms with van der Waals surface area (Å²) in [6.07, 6.45) is 3.67. The van der Waals surface area contributed by atoms with Crippen LogP contribution in [0.5, 0.6) is 5.75 Å². The quantitative estimate of drug-likeness (QED) is 0.864. The molecular formula is C15H18ClNO4. The van der Waals surface area contributed by atoms with E-state index in [9.17, 15) is 9.59 Å². The number of aliphatic carboxylic acids is 1. The molecule has 0 aromatic heterocycles. The number of nitrogens with zero attached hydrogens (tertiary/aromatic N) is 1. The second-order valence-corrected chi connectivity index (χ2v) is 4.68. The van der Waals surface area contributed by atoms with Crippen LogP contribution < -0.4 is 4.74 Å². The van der Waals surface area contributed by atoms with E-state index in [2.05, 4.69) is 0 Å². The number of methoxy groups -OCH3 is 1. The highest BCUT2D eigenvalue weighted by Crippen LogP contribution is 2.20. The van der Waals surface area contributed by atoms with Crippen LogP contribution >= 0.6 is 12.4 Å². The van der Waals surface area contributed by atoms with Crippen LogP contribution in [0.2, 0.25) is 0 Å². The van der Waals surface area contributed by atoms with Crippen molar-refractivity contribution < 1.29 is 19.4 Å². The Hall–Kier alpha value is -2.01. The summed E-state index contributed by atoms with van der Waals surface area (Å²) < 4.78 is 5.20. The number of likely N-dealkylation sites (tertiary alicyclic amines) is 1. The summed E-state index contributed by atoms with van der Waals surface area (Å²) in [4.78, 5) is 24.4. The van der Waals surface area contributed by atoms with Gasteiger partial charge in [-0.1, -0.05) is 18.2 Å². The van der Waals surface area contributed by atoms with Gasteiger partial charge >= 0.3 is 5.97 Å². The molecule has 1 heterocycles. The predicted molar refractivity (Wildman–Crippen MR) is 81.6 cm³/mol. The van der Waals surface area contributed by atoms with Gasteiger partial charge in [0.15, 0.2) is 0 Å². The van der Waals surface area contributed by atoms with Crippen LogP contribution in [-0.2, 0) is 9.59 Å². The Morgan fingerprint density at radius 3 is 2.71 bits per heavy atom. The summed E-state index contributed by atoms with van der Waals surface area (Å²) in [6, 6.07) is 7.39. The van der Waals surface area contributed by atoms with E-state index in [1.807, 2.05) is 24.3 Å². The number of carboxylic acids is 1. The van der Waals surface area contributed by atoms with Crippen molar-refractivity contribution in [3.8, 4) is 5.75 Å². The number of para-hydroxylation sites is 1. The summed E-state index contributed by atoms with van der Waals surface area (Å²) >= 11 is 0. The average molecular weight is 312 g/mol. The van der Waals surface area contributed by atoms with Crippen LogP contribution in [-0.4, -0.2) is 42.1 Å². The molecule has 1 aliphatic heterocycles. The maximum absolute atomic E-state index is 12.0. The zero-order valence-corrected chi connectivity index (χ0v) is 12.5. The molecule has 1 saturated heterocycles. The smallest absolute Gasteiger partial charge is 0.308 e. The third-order valence-electron chi connectivity index (χ3n) is 3.39. The summed E-state index contributed by atoms with van der Waals surface area (Å²) in [5, 5.41) is 8.92. The first kappa shape index (κ1) is 17.0. The van der Waals surface area contributed by atoms with Gasteiger partial charge < -0.3 is 14.7 Å². The van der Waals surface area contributed by atoms with Crippen molar-refractivity contribution in [2.45, 2.75) is 6.42 Å². The second-order valence-electron chi connectivity index (χ2n) is 4.68. The van der Waals surface area contributed by atoms with Crippen molar-refractivity contribution in [2.24, 2.45) is 5.92 Å². The lowest BCUT2D eigenvalue weighted by Gasteiger charge is -2.13. The van der Waals surface area contributed by atoms with Crippen LogP contribution in [0.4, 0.5) is 0 Å². The molecule has 1 N–H and O–H groups in total. The average Bonchev–Trinajstić information content (AvgIpc) is 2.95. The number of hydrogen-bond donors (Lipinski definition) is 1. The van der Waals surface area contributed by atoms with E-state index in [4.69, 9.17) is 9.84 Å². The molecule has 1 aromatic carbocycles. The molecule has 0 aliphatic carbocycles. The largest absolute Gasteiger partial charge is 0.496 e. The maximum Gasteiger partial charge on any atom is 0.308 e. The standard InChI is InChI=1S/C15H17NO4.ClH/c1-20-13-5-3-2-4-11(13)6-7-14(17)16-9-8-12(10-16)15(18)19;/h2-7,12H,8-10H2,1H3,(H,18,19);1H/b7-6+;. The third kappa shape index (κ3) is 4.23. The molecule has 6 heteroatoms. The Morgan fingerprint density at radius 1 is 1.38 bits per heavy atom. The van der Waals surface area contributed by atoms with Gasteiger partial charge in [-0.2, -0.15) is 0 Å². The molecule has 1 aromatic rings. The maximum atomic E-state index is 12.0. The minimum absolute atomic E-state index is 0. The van der Waals surface area contributed by atoms with Crippen LogP contribution in [0.1, 0.15) is 12.0 Å². The molecule has 21 heavy (non-hydrogen) atoms. The number of carbonyl (C=O) groups is 2. The molecule has 0 saturated carbocycles. The summed E-state index contributed by atoms with van der Waals surface area (Å²) in [7, 11) is 1.58. The van der Waals surface area contributed by atoms with Crippen molar-refractivity contribution >= 4 is 30.4 Å². The molecule has 0 radical (unpaired) electrons. The van der Waals surface area contributed by atoms with Gasteiger partial charge in [0.1, 0.15) is 5.75 Å². The van der Waals surface area contributed by atoms with E-state index >= 15 is 0 Å². The Balaban J connectivity index is 0.00000220. The number of halogens is 1. The van der Waals surface area contributed by atoms with Gasteiger partial charge in [-0.15, -0.1) is 12.4 Å². The number of carbonyl (C=O) groups excluding carboxylic acids is 1. The highest BCUT2D eigenvalue weighted by molar-refractivity contribution is 5.92. The van der Waals surface area contributed by atoms with Crippen molar-refractivity contribution in [2.75, 3.05) is 20.2 Å². The van der Waals surface area contributed by atoms with Crippen LogP contribution in [0, 0.1) is 5.92 Å². The second kappa shape index (κ2) is 7.69. The van der Waals surface area contributed by atoms with E-state index < -0.39 is 11.9 Å². The minimum Gasteiger partial charge on any atom is -0.496 e. The van der Waals surface area contributed by atoms with E-state index in [1.165, 1.54) is 6.08 Å². The minimum atomic E-state index is -0.839. The van der Waals surface area contributed by atoms with Gasteiger partial charge in [-0.3, -0.25) is 9.59 Å². The monoisotopic (exact) mass is 311 g/mol. The normalized spacial score (nSPS) is 17.6. The Labute approximate surface area is 129 Å². The molecular weight excluding hydrogens is 294 g/mol. The van der Waals surface area contributed by atoms with Gasteiger partial charge in [-0.25, -0.2) is 0 Å². The lowest BCUT2D eigenvalue weighted by Crippen LogP contribution is -2.28. The summed E-state index contributed by atoms with van der Waals surface area (Å²) in [6.45, 7) is 0.774. The van der Waals surface area contributed by atoms with E-state index in [1.54, 1.807) is 18.1 Å². The molecule has 1 fully saturated rings. The molecule has 1 amide bonds. The molecule has 1 atom stereocenters. The number of benzene rings is 1. The highest BCUT2D eigenvalue weighted by Gasteiger charge is 2.29.